The Hall–Kier alpha value is -2.24. The quantitative estimate of drug-likeness (QED) is 0.625. The van der Waals surface area contributed by atoms with Crippen LogP contribution in [0.25, 0.3) is 10.9 Å². The number of carbonyl (C=O) groups excluding carboxylic acids is 1. The first-order valence-electron chi connectivity index (χ1n) is 11.4. The monoisotopic (exact) mass is 489 g/mol. The number of amides is 1. The van der Waals surface area contributed by atoms with Crippen molar-refractivity contribution in [2.24, 2.45) is 10.8 Å². The Balaban J connectivity index is 1.51. The van der Waals surface area contributed by atoms with E-state index in [1.54, 1.807) is 12.3 Å². The van der Waals surface area contributed by atoms with Crippen LogP contribution in [-0.4, -0.2) is 42.5 Å². The van der Waals surface area contributed by atoms with Crippen LogP contribution >= 0.6 is 11.6 Å². The van der Waals surface area contributed by atoms with Crippen molar-refractivity contribution in [3.63, 3.8) is 0 Å². The second-order valence-electron chi connectivity index (χ2n) is 10.6. The van der Waals surface area contributed by atoms with Crippen molar-refractivity contribution in [3.05, 3.63) is 28.9 Å². The molecule has 5 unspecified atom stereocenters. The Morgan fingerprint density at radius 1 is 1.33 bits per heavy atom. The number of carbonyl (C=O) groups is 1. The lowest BCUT2D eigenvalue weighted by Crippen LogP contribution is -2.57. The maximum absolute atomic E-state index is 13.9. The van der Waals surface area contributed by atoms with Gasteiger partial charge in [0.1, 0.15) is 0 Å². The number of hydrogen-bond donors (Lipinski definition) is 1. The number of aromatic nitrogens is 1. The molecule has 4 aliphatic rings. The third-order valence-corrected chi connectivity index (χ3v) is 8.80. The summed E-state index contributed by atoms with van der Waals surface area (Å²) in [5.41, 5.74) is 1.21. The molecule has 2 aliphatic heterocycles. The van der Waals surface area contributed by atoms with E-state index in [4.69, 9.17) is 15.8 Å². The summed E-state index contributed by atoms with van der Waals surface area (Å²) in [7, 11) is -3.74. The van der Waals surface area contributed by atoms with Gasteiger partial charge in [0.05, 0.1) is 28.7 Å². The van der Waals surface area contributed by atoms with E-state index in [1.165, 1.54) is 6.07 Å². The SMILES string of the molecule is CC(C(=O)N1C2CCC3(C#N)CC1CC(C)(C2)C3)c1c[nH]c2ccc(OS(C)(=O)=O)c(Cl)c12. The number of nitrogens with zero attached hydrogens (tertiary/aromatic N) is 2. The highest BCUT2D eigenvalue weighted by molar-refractivity contribution is 7.86. The van der Waals surface area contributed by atoms with Crippen LogP contribution in [0, 0.1) is 22.2 Å². The van der Waals surface area contributed by atoms with E-state index in [0.717, 1.165) is 44.8 Å². The van der Waals surface area contributed by atoms with Gasteiger partial charge in [-0.05, 0) is 68.6 Å². The summed E-state index contributed by atoms with van der Waals surface area (Å²) in [6, 6.07) is 6.05. The van der Waals surface area contributed by atoms with Gasteiger partial charge in [-0.1, -0.05) is 18.5 Å². The van der Waals surface area contributed by atoms with Gasteiger partial charge in [-0.25, -0.2) is 0 Å². The summed E-state index contributed by atoms with van der Waals surface area (Å²) >= 11 is 6.56. The summed E-state index contributed by atoms with van der Waals surface area (Å²) in [6.45, 7) is 4.14. The highest BCUT2D eigenvalue weighted by Crippen LogP contribution is 2.59. The van der Waals surface area contributed by atoms with Crippen molar-refractivity contribution < 1.29 is 17.4 Å². The van der Waals surface area contributed by atoms with Gasteiger partial charge in [0.25, 0.3) is 0 Å². The molecule has 0 spiro atoms. The predicted octanol–water partition coefficient (Wildman–Crippen LogP) is 4.73. The fourth-order valence-corrected chi connectivity index (χ4v) is 7.68. The topological polar surface area (TPSA) is 103 Å². The fourth-order valence-electron chi connectivity index (χ4n) is 6.86. The lowest BCUT2D eigenvalue weighted by molar-refractivity contribution is -0.145. The number of piperidine rings is 1. The first kappa shape index (κ1) is 22.5. The van der Waals surface area contributed by atoms with Gasteiger partial charge < -0.3 is 14.1 Å². The van der Waals surface area contributed by atoms with Crippen LogP contribution in [0.5, 0.6) is 5.75 Å². The van der Waals surface area contributed by atoms with Crippen LogP contribution in [0.3, 0.4) is 0 Å². The minimum absolute atomic E-state index is 0.0362. The molecule has 4 bridgehead atoms. The lowest BCUT2D eigenvalue weighted by Gasteiger charge is -2.54. The number of rotatable bonds is 4. The molecule has 6 rings (SSSR count). The van der Waals surface area contributed by atoms with Crippen molar-refractivity contribution in [1.29, 1.82) is 5.26 Å². The van der Waals surface area contributed by atoms with E-state index < -0.39 is 16.0 Å². The minimum atomic E-state index is -3.74. The molecule has 2 saturated carbocycles. The number of nitrogens with one attached hydrogen (secondary N) is 1. The largest absolute Gasteiger partial charge is 0.381 e. The zero-order valence-electron chi connectivity index (χ0n) is 19.0. The number of benzene rings is 1. The number of aromatic amines is 1. The number of fused-ring (bicyclic) bond motifs is 2. The molecular weight excluding hydrogens is 462 g/mol. The Morgan fingerprint density at radius 3 is 2.76 bits per heavy atom. The van der Waals surface area contributed by atoms with Gasteiger partial charge in [-0.2, -0.15) is 13.7 Å². The standard InChI is InChI=1S/C24H28ClN3O4S/c1-14(17-11-27-18-4-5-19(21(25)20(17)18)32-33(3,30)31)22(29)28-15-6-7-24(13-26)10-16(28)9-23(2,8-15)12-24/h4-5,11,14-16,27H,6-10,12H2,1-3H3. The molecule has 2 aromatic rings. The summed E-state index contributed by atoms with van der Waals surface area (Å²) in [4.78, 5) is 19.1. The Morgan fingerprint density at radius 2 is 2.06 bits per heavy atom. The normalized spacial score (nSPS) is 31.9. The highest BCUT2D eigenvalue weighted by atomic mass is 35.5. The molecule has 4 fully saturated rings. The zero-order chi connectivity index (χ0) is 23.8. The second-order valence-corrected chi connectivity index (χ2v) is 12.6. The minimum Gasteiger partial charge on any atom is -0.381 e. The Kier molecular flexibility index (Phi) is 5.04. The van der Waals surface area contributed by atoms with Crippen molar-refractivity contribution in [1.82, 2.24) is 9.88 Å². The molecule has 1 aromatic carbocycles. The number of hydrogen-bond acceptors (Lipinski definition) is 5. The van der Waals surface area contributed by atoms with Crippen molar-refractivity contribution >= 4 is 38.5 Å². The molecule has 7 nitrogen and oxygen atoms in total. The molecular formula is C24H28ClN3O4S. The molecule has 0 radical (unpaired) electrons. The van der Waals surface area contributed by atoms with Crippen molar-refractivity contribution in [2.75, 3.05) is 6.26 Å². The smallest absolute Gasteiger partial charge is 0.306 e. The summed E-state index contributed by atoms with van der Waals surface area (Å²) in [6.07, 6.45) is 8.00. The van der Waals surface area contributed by atoms with Crippen LogP contribution in [0.2, 0.25) is 5.02 Å². The van der Waals surface area contributed by atoms with Crippen molar-refractivity contribution in [3.8, 4) is 11.8 Å². The van der Waals surface area contributed by atoms with Crippen LogP contribution in [0.4, 0.5) is 0 Å². The molecule has 176 valence electrons. The van der Waals surface area contributed by atoms with E-state index in [-0.39, 0.29) is 39.6 Å². The molecule has 5 atom stereocenters. The number of H-pyrrole nitrogens is 1. The summed E-state index contributed by atoms with van der Waals surface area (Å²) in [5, 5.41) is 10.7. The summed E-state index contributed by atoms with van der Waals surface area (Å²) < 4.78 is 28.3. The lowest BCUT2D eigenvalue weighted by atomic mass is 9.59. The molecule has 1 amide bonds. The van der Waals surface area contributed by atoms with Crippen LogP contribution in [0.15, 0.2) is 18.3 Å². The average Bonchev–Trinajstić information content (AvgIpc) is 3.08. The van der Waals surface area contributed by atoms with Gasteiger partial charge in [-0.15, -0.1) is 0 Å². The van der Waals surface area contributed by atoms with Crippen LogP contribution in [0.1, 0.15) is 63.9 Å². The molecule has 2 saturated heterocycles. The van der Waals surface area contributed by atoms with Crippen LogP contribution in [-0.2, 0) is 14.9 Å². The zero-order valence-corrected chi connectivity index (χ0v) is 20.6. The second kappa shape index (κ2) is 7.38. The van der Waals surface area contributed by atoms with E-state index >= 15 is 0 Å². The molecule has 1 N–H and O–H groups in total. The third kappa shape index (κ3) is 3.70. The van der Waals surface area contributed by atoms with Crippen LogP contribution < -0.4 is 4.18 Å². The third-order valence-electron chi connectivity index (χ3n) is 7.94. The summed E-state index contributed by atoms with van der Waals surface area (Å²) in [5.74, 6) is -0.398. The first-order valence-corrected chi connectivity index (χ1v) is 13.6. The average molecular weight is 490 g/mol. The van der Waals surface area contributed by atoms with E-state index in [9.17, 15) is 18.5 Å². The Labute approximate surface area is 199 Å². The highest BCUT2D eigenvalue weighted by Gasteiger charge is 2.57. The van der Waals surface area contributed by atoms with E-state index in [0.29, 0.717) is 16.5 Å². The first-order chi connectivity index (χ1) is 15.4. The number of nitriles is 1. The number of halogens is 1. The van der Waals surface area contributed by atoms with Gasteiger partial charge in [0.2, 0.25) is 5.91 Å². The Bertz CT molecular complexity index is 1300. The fraction of sp³-hybridized carbons (Fsp3) is 0.583. The molecule has 33 heavy (non-hydrogen) atoms. The molecule has 2 aliphatic carbocycles. The van der Waals surface area contributed by atoms with Gasteiger partial charge >= 0.3 is 10.1 Å². The van der Waals surface area contributed by atoms with Crippen molar-refractivity contribution in [2.45, 2.75) is 70.4 Å². The van der Waals surface area contributed by atoms with Gasteiger partial charge in [0.15, 0.2) is 5.75 Å². The van der Waals surface area contributed by atoms with Gasteiger partial charge in [-0.3, -0.25) is 4.79 Å². The van der Waals surface area contributed by atoms with E-state index in [1.807, 2.05) is 6.92 Å². The molecule has 1 aromatic heterocycles. The van der Waals surface area contributed by atoms with E-state index in [2.05, 4.69) is 22.9 Å². The molecule has 3 heterocycles. The maximum atomic E-state index is 13.9. The maximum Gasteiger partial charge on any atom is 0.306 e. The predicted molar refractivity (Wildman–Crippen MR) is 125 cm³/mol. The van der Waals surface area contributed by atoms with Gasteiger partial charge in [0, 0.05) is 29.2 Å². The molecule has 9 heteroatoms.